The van der Waals surface area contributed by atoms with Gasteiger partial charge in [-0.1, -0.05) is 38.1 Å². The van der Waals surface area contributed by atoms with Crippen molar-refractivity contribution in [3.8, 4) is 0 Å². The van der Waals surface area contributed by atoms with Crippen LogP contribution in [0.25, 0.3) is 10.9 Å². The summed E-state index contributed by atoms with van der Waals surface area (Å²) in [6.07, 6.45) is 0.0350. The summed E-state index contributed by atoms with van der Waals surface area (Å²) in [5.74, 6) is 0.174. The van der Waals surface area contributed by atoms with Gasteiger partial charge in [-0.3, -0.25) is 14.2 Å². The van der Waals surface area contributed by atoms with Crippen LogP contribution in [0, 0.1) is 0 Å². The fraction of sp³-hybridized carbons (Fsp3) is 0.250. The number of hydrogen-bond acceptors (Lipinski definition) is 3. The van der Waals surface area contributed by atoms with Gasteiger partial charge in [-0.2, -0.15) is 0 Å². The molecule has 0 spiro atoms. The summed E-state index contributed by atoms with van der Waals surface area (Å²) in [5.41, 5.74) is 1.48. The summed E-state index contributed by atoms with van der Waals surface area (Å²) < 4.78 is 1.06. The highest BCUT2D eigenvalue weighted by atomic mass is 16.2. The van der Waals surface area contributed by atoms with Crippen molar-refractivity contribution in [2.24, 2.45) is 0 Å². The van der Waals surface area contributed by atoms with Gasteiger partial charge in [0.05, 0.1) is 10.9 Å². The second kappa shape index (κ2) is 7.39. The fourth-order valence-electron chi connectivity index (χ4n) is 2.79. The van der Waals surface area contributed by atoms with Crippen molar-refractivity contribution in [1.29, 1.82) is 0 Å². The molecule has 1 heterocycles. The van der Waals surface area contributed by atoms with E-state index in [4.69, 9.17) is 0 Å². The molecule has 6 heteroatoms. The zero-order valence-corrected chi connectivity index (χ0v) is 14.8. The van der Waals surface area contributed by atoms with Gasteiger partial charge in [0.15, 0.2) is 0 Å². The Hall–Kier alpha value is -3.15. The first-order valence-corrected chi connectivity index (χ1v) is 8.57. The lowest BCUT2D eigenvalue weighted by Gasteiger charge is -2.09. The van der Waals surface area contributed by atoms with E-state index in [9.17, 15) is 14.4 Å². The number of anilines is 1. The topological polar surface area (TPSA) is 84.0 Å². The van der Waals surface area contributed by atoms with E-state index in [0.717, 1.165) is 4.57 Å². The minimum atomic E-state index is -0.511. The van der Waals surface area contributed by atoms with E-state index >= 15 is 0 Å². The number of nitrogens with zero attached hydrogens (tertiary/aromatic N) is 1. The Morgan fingerprint density at radius 3 is 2.46 bits per heavy atom. The number of rotatable bonds is 5. The van der Waals surface area contributed by atoms with Crippen LogP contribution in [0.3, 0.4) is 0 Å². The van der Waals surface area contributed by atoms with Crippen molar-refractivity contribution in [2.75, 3.05) is 5.32 Å². The largest absolute Gasteiger partial charge is 0.328 e. The molecular weight excluding hydrogens is 330 g/mol. The molecule has 0 bridgehead atoms. The zero-order valence-electron chi connectivity index (χ0n) is 14.8. The molecule has 3 rings (SSSR count). The van der Waals surface area contributed by atoms with Gasteiger partial charge in [-0.05, 0) is 35.7 Å². The Balaban J connectivity index is 1.71. The molecule has 3 aromatic rings. The highest BCUT2D eigenvalue weighted by Crippen LogP contribution is 2.17. The quantitative estimate of drug-likeness (QED) is 0.741. The van der Waals surface area contributed by atoms with E-state index in [1.54, 1.807) is 24.3 Å². The zero-order chi connectivity index (χ0) is 18.7. The molecule has 2 aromatic carbocycles. The number of H-pyrrole nitrogens is 1. The van der Waals surface area contributed by atoms with E-state index in [1.165, 1.54) is 5.56 Å². The summed E-state index contributed by atoms with van der Waals surface area (Å²) in [7, 11) is 0. The molecule has 0 saturated heterocycles. The van der Waals surface area contributed by atoms with E-state index in [2.05, 4.69) is 24.1 Å². The van der Waals surface area contributed by atoms with Crippen LogP contribution in [0.1, 0.15) is 31.7 Å². The molecule has 1 aromatic heterocycles. The van der Waals surface area contributed by atoms with Crippen LogP contribution in [0.4, 0.5) is 5.69 Å². The highest BCUT2D eigenvalue weighted by Gasteiger charge is 2.10. The van der Waals surface area contributed by atoms with Crippen molar-refractivity contribution >= 4 is 22.5 Å². The maximum Gasteiger partial charge on any atom is 0.328 e. The van der Waals surface area contributed by atoms with Crippen molar-refractivity contribution in [1.82, 2.24) is 9.55 Å². The van der Waals surface area contributed by atoms with E-state index in [0.29, 0.717) is 22.5 Å². The van der Waals surface area contributed by atoms with Gasteiger partial charge in [0.25, 0.3) is 5.56 Å². The highest BCUT2D eigenvalue weighted by molar-refractivity contribution is 5.90. The summed E-state index contributed by atoms with van der Waals surface area (Å²) in [6, 6.07) is 14.5. The van der Waals surface area contributed by atoms with Crippen molar-refractivity contribution in [2.45, 2.75) is 32.7 Å². The van der Waals surface area contributed by atoms with Gasteiger partial charge in [-0.25, -0.2) is 4.79 Å². The van der Waals surface area contributed by atoms with Crippen LogP contribution in [-0.4, -0.2) is 15.5 Å². The molecule has 1 amide bonds. The Labute approximate surface area is 150 Å². The first-order valence-electron chi connectivity index (χ1n) is 8.57. The van der Waals surface area contributed by atoms with Gasteiger partial charge in [-0.15, -0.1) is 0 Å². The molecule has 0 aliphatic carbocycles. The van der Waals surface area contributed by atoms with E-state index < -0.39 is 11.2 Å². The third-order valence-electron chi connectivity index (χ3n) is 4.31. The molecule has 0 atom stereocenters. The second-order valence-corrected chi connectivity index (χ2v) is 6.51. The van der Waals surface area contributed by atoms with Crippen molar-refractivity contribution in [3.05, 3.63) is 74.9 Å². The molecule has 0 unspecified atom stereocenters. The molecule has 0 radical (unpaired) electrons. The number of aromatic nitrogens is 2. The molecule has 6 nitrogen and oxygen atoms in total. The minimum absolute atomic E-state index is 0.0227. The molecule has 0 aliphatic rings. The maximum absolute atomic E-state index is 12.4. The first-order chi connectivity index (χ1) is 12.5. The van der Waals surface area contributed by atoms with Crippen LogP contribution in [0.5, 0.6) is 0 Å². The lowest BCUT2D eigenvalue weighted by Crippen LogP contribution is -2.36. The lowest BCUT2D eigenvalue weighted by atomic mass is 10.0. The number of carbonyl (C=O) groups is 1. The van der Waals surface area contributed by atoms with Crippen LogP contribution in [0.15, 0.2) is 58.1 Å². The van der Waals surface area contributed by atoms with Crippen molar-refractivity contribution < 1.29 is 4.79 Å². The third-order valence-corrected chi connectivity index (χ3v) is 4.31. The monoisotopic (exact) mass is 351 g/mol. The summed E-state index contributed by atoms with van der Waals surface area (Å²) in [6.45, 7) is 4.23. The number of hydrogen-bond donors (Lipinski definition) is 2. The van der Waals surface area contributed by atoms with Gasteiger partial charge in [0.1, 0.15) is 0 Å². The summed E-state index contributed by atoms with van der Waals surface area (Å²) >= 11 is 0. The summed E-state index contributed by atoms with van der Waals surface area (Å²) in [5, 5.41) is 3.22. The Kier molecular flexibility index (Phi) is 5.02. The SMILES string of the molecule is CC(C)c1ccc(NC(=O)CCn2c(=O)[nH]c3ccccc3c2=O)cc1. The molecule has 2 N–H and O–H groups in total. The molecular formula is C20H21N3O3. The Morgan fingerprint density at radius 1 is 1.08 bits per heavy atom. The first kappa shape index (κ1) is 17.7. The molecule has 26 heavy (non-hydrogen) atoms. The normalized spacial score (nSPS) is 11.0. The minimum Gasteiger partial charge on any atom is -0.326 e. The van der Waals surface area contributed by atoms with Crippen LogP contribution < -0.4 is 16.6 Å². The molecule has 0 fully saturated rings. The average molecular weight is 351 g/mol. The standard InChI is InChI=1S/C20H21N3O3/c1-13(2)14-7-9-15(10-8-14)21-18(24)11-12-23-19(25)16-5-3-4-6-17(16)22-20(23)26/h3-10,13H,11-12H2,1-2H3,(H,21,24)(H,22,26). The van der Waals surface area contributed by atoms with Gasteiger partial charge in [0.2, 0.25) is 5.91 Å². The predicted octanol–water partition coefficient (Wildman–Crippen LogP) is 2.84. The third kappa shape index (κ3) is 3.74. The van der Waals surface area contributed by atoms with Crippen LogP contribution in [0.2, 0.25) is 0 Å². The Morgan fingerprint density at radius 2 is 1.77 bits per heavy atom. The van der Waals surface area contributed by atoms with E-state index in [1.807, 2.05) is 24.3 Å². The molecule has 0 saturated carbocycles. The lowest BCUT2D eigenvalue weighted by molar-refractivity contribution is -0.116. The predicted molar refractivity (Wildman–Crippen MR) is 103 cm³/mol. The number of aromatic amines is 1. The number of fused-ring (bicyclic) bond motifs is 1. The van der Waals surface area contributed by atoms with Crippen molar-refractivity contribution in [3.63, 3.8) is 0 Å². The van der Waals surface area contributed by atoms with E-state index in [-0.39, 0.29) is 18.9 Å². The average Bonchev–Trinajstić information content (AvgIpc) is 2.62. The number of nitrogens with one attached hydrogen (secondary N) is 2. The maximum atomic E-state index is 12.4. The van der Waals surface area contributed by atoms with Crippen LogP contribution >= 0.6 is 0 Å². The molecule has 134 valence electrons. The smallest absolute Gasteiger partial charge is 0.326 e. The molecule has 0 aliphatic heterocycles. The summed E-state index contributed by atoms with van der Waals surface area (Å²) in [4.78, 5) is 39.4. The van der Waals surface area contributed by atoms with Gasteiger partial charge >= 0.3 is 5.69 Å². The number of carbonyl (C=O) groups excluding carboxylic acids is 1. The van der Waals surface area contributed by atoms with Crippen LogP contribution in [-0.2, 0) is 11.3 Å². The van der Waals surface area contributed by atoms with Gasteiger partial charge < -0.3 is 10.3 Å². The second-order valence-electron chi connectivity index (χ2n) is 6.51. The fourth-order valence-corrected chi connectivity index (χ4v) is 2.79. The number of benzene rings is 2. The number of para-hydroxylation sites is 1. The Bertz CT molecular complexity index is 1050. The number of amides is 1. The van der Waals surface area contributed by atoms with Gasteiger partial charge in [0, 0.05) is 18.7 Å².